The maximum atomic E-state index is 12.5. The molecule has 1 saturated heterocycles. The number of benzene rings is 1. The van der Waals surface area contributed by atoms with E-state index in [1.165, 1.54) is 16.4 Å². The molecule has 0 radical (unpaired) electrons. The minimum Gasteiger partial charge on any atom is -0.393 e. The third-order valence-corrected chi connectivity index (χ3v) is 5.56. The van der Waals surface area contributed by atoms with Gasteiger partial charge in [-0.15, -0.1) is 0 Å². The quantitative estimate of drug-likeness (QED) is 0.519. The molecule has 20 heavy (non-hydrogen) atoms. The van der Waals surface area contributed by atoms with Crippen LogP contribution in [0.1, 0.15) is 26.2 Å². The second-order valence-electron chi connectivity index (χ2n) is 4.94. The number of rotatable bonds is 3. The zero-order valence-electron chi connectivity index (χ0n) is 11.2. The third kappa shape index (κ3) is 2.61. The van der Waals surface area contributed by atoms with Crippen LogP contribution in [-0.2, 0) is 10.0 Å². The second-order valence-corrected chi connectivity index (χ2v) is 6.83. The van der Waals surface area contributed by atoms with E-state index in [1.807, 2.05) is 6.92 Å². The number of hydrogen-bond donors (Lipinski definition) is 1. The lowest BCUT2D eigenvalue weighted by molar-refractivity contribution is -0.384. The molecule has 1 aliphatic heterocycles. The van der Waals surface area contributed by atoms with Gasteiger partial charge >= 0.3 is 0 Å². The number of anilines is 1. The Morgan fingerprint density at radius 3 is 2.70 bits per heavy atom. The van der Waals surface area contributed by atoms with E-state index in [0.29, 0.717) is 6.54 Å². The number of nitro benzene ring substituents is 1. The monoisotopic (exact) mass is 299 g/mol. The highest BCUT2D eigenvalue weighted by molar-refractivity contribution is 7.89. The summed E-state index contributed by atoms with van der Waals surface area (Å²) in [4.78, 5) is 10.1. The van der Waals surface area contributed by atoms with Crippen LogP contribution in [-0.4, -0.2) is 30.2 Å². The normalized spacial score (nSPS) is 20.8. The first-order valence-corrected chi connectivity index (χ1v) is 7.84. The van der Waals surface area contributed by atoms with Gasteiger partial charge < -0.3 is 5.73 Å². The molecular weight excluding hydrogens is 282 g/mol. The molecule has 0 spiro atoms. The summed E-state index contributed by atoms with van der Waals surface area (Å²) in [5.41, 5.74) is 5.07. The summed E-state index contributed by atoms with van der Waals surface area (Å²) < 4.78 is 26.5. The number of hydrogen-bond acceptors (Lipinski definition) is 5. The van der Waals surface area contributed by atoms with Crippen LogP contribution >= 0.6 is 0 Å². The summed E-state index contributed by atoms with van der Waals surface area (Å²) in [6, 6.07) is 3.52. The van der Waals surface area contributed by atoms with Gasteiger partial charge in [0, 0.05) is 18.7 Å². The minimum absolute atomic E-state index is 0.0411. The van der Waals surface area contributed by atoms with E-state index in [2.05, 4.69) is 0 Å². The van der Waals surface area contributed by atoms with Crippen LogP contribution in [0.3, 0.4) is 0 Å². The molecule has 0 aliphatic carbocycles. The van der Waals surface area contributed by atoms with Gasteiger partial charge in [0.2, 0.25) is 10.0 Å². The van der Waals surface area contributed by atoms with E-state index in [4.69, 9.17) is 5.73 Å². The number of nitrogens with zero attached hydrogens (tertiary/aromatic N) is 2. The molecule has 1 aromatic carbocycles. The first-order valence-electron chi connectivity index (χ1n) is 6.40. The Balaban J connectivity index is 2.44. The van der Waals surface area contributed by atoms with Gasteiger partial charge in [0.25, 0.3) is 5.69 Å². The Morgan fingerprint density at radius 2 is 2.10 bits per heavy atom. The standard InChI is InChI=1S/C12H17N3O4S/c1-9-4-2-3-7-14(9)20(18,19)10-5-6-11(13)12(8-10)15(16)17/h5-6,8-9H,2-4,7,13H2,1H3/t9-/m1/s1. The van der Waals surface area contributed by atoms with Crippen molar-refractivity contribution in [2.45, 2.75) is 37.1 Å². The smallest absolute Gasteiger partial charge is 0.293 e. The van der Waals surface area contributed by atoms with Crippen molar-refractivity contribution in [2.75, 3.05) is 12.3 Å². The summed E-state index contributed by atoms with van der Waals surface area (Å²) in [5, 5.41) is 10.9. The summed E-state index contributed by atoms with van der Waals surface area (Å²) in [6.07, 6.45) is 2.60. The number of nitrogens with two attached hydrogens (primary N) is 1. The molecule has 1 fully saturated rings. The average molecular weight is 299 g/mol. The van der Waals surface area contributed by atoms with Crippen LogP contribution in [0.15, 0.2) is 23.1 Å². The molecule has 0 aromatic heterocycles. The predicted molar refractivity (Wildman–Crippen MR) is 74.7 cm³/mol. The second kappa shape index (κ2) is 5.37. The molecule has 1 aliphatic rings. The van der Waals surface area contributed by atoms with Crippen molar-refractivity contribution in [1.82, 2.24) is 4.31 Å². The first-order chi connectivity index (χ1) is 9.34. The molecule has 8 heteroatoms. The number of nitrogen functional groups attached to an aromatic ring is 1. The lowest BCUT2D eigenvalue weighted by atomic mass is 10.1. The molecule has 2 N–H and O–H groups in total. The first kappa shape index (κ1) is 14.7. The third-order valence-electron chi connectivity index (χ3n) is 3.55. The van der Waals surface area contributed by atoms with Crippen LogP contribution in [0.5, 0.6) is 0 Å². The highest BCUT2D eigenvalue weighted by atomic mass is 32.2. The fraction of sp³-hybridized carbons (Fsp3) is 0.500. The zero-order chi connectivity index (χ0) is 14.9. The summed E-state index contributed by atoms with van der Waals surface area (Å²) in [5.74, 6) is 0. The number of nitro groups is 1. The van der Waals surface area contributed by atoms with Gasteiger partial charge in [-0.05, 0) is 31.9 Å². The summed E-state index contributed by atoms with van der Waals surface area (Å²) >= 11 is 0. The molecule has 0 amide bonds. The van der Waals surface area contributed by atoms with E-state index in [1.54, 1.807) is 0 Å². The highest BCUT2D eigenvalue weighted by Gasteiger charge is 2.32. The van der Waals surface area contributed by atoms with E-state index in [-0.39, 0.29) is 22.3 Å². The summed E-state index contributed by atoms with van der Waals surface area (Å²) in [6.45, 7) is 2.30. The van der Waals surface area contributed by atoms with E-state index in [0.717, 1.165) is 25.3 Å². The van der Waals surface area contributed by atoms with E-state index in [9.17, 15) is 18.5 Å². The van der Waals surface area contributed by atoms with Crippen LogP contribution in [0.25, 0.3) is 0 Å². The lowest BCUT2D eigenvalue weighted by Gasteiger charge is -2.32. The lowest BCUT2D eigenvalue weighted by Crippen LogP contribution is -2.41. The topological polar surface area (TPSA) is 107 Å². The van der Waals surface area contributed by atoms with Gasteiger partial charge in [0.15, 0.2) is 0 Å². The fourth-order valence-corrected chi connectivity index (χ4v) is 4.13. The fourth-order valence-electron chi connectivity index (χ4n) is 2.41. The minimum atomic E-state index is -3.71. The Hall–Kier alpha value is -1.67. The van der Waals surface area contributed by atoms with Gasteiger partial charge in [0.05, 0.1) is 9.82 Å². The van der Waals surface area contributed by atoms with Gasteiger partial charge in [-0.1, -0.05) is 6.42 Å². The molecular formula is C12H17N3O4S. The van der Waals surface area contributed by atoms with Gasteiger partial charge in [0.1, 0.15) is 5.69 Å². The van der Waals surface area contributed by atoms with Crippen LogP contribution in [0.4, 0.5) is 11.4 Å². The van der Waals surface area contributed by atoms with Crippen molar-refractivity contribution >= 4 is 21.4 Å². The van der Waals surface area contributed by atoms with E-state index < -0.39 is 14.9 Å². The molecule has 2 rings (SSSR count). The van der Waals surface area contributed by atoms with Crippen molar-refractivity contribution in [1.29, 1.82) is 0 Å². The molecule has 7 nitrogen and oxygen atoms in total. The Bertz CT molecular complexity index is 630. The van der Waals surface area contributed by atoms with Gasteiger partial charge in [-0.3, -0.25) is 10.1 Å². The molecule has 1 atom stereocenters. The van der Waals surface area contributed by atoms with Gasteiger partial charge in [-0.2, -0.15) is 4.31 Å². The van der Waals surface area contributed by atoms with Crippen molar-refractivity contribution < 1.29 is 13.3 Å². The Morgan fingerprint density at radius 1 is 1.40 bits per heavy atom. The van der Waals surface area contributed by atoms with Crippen LogP contribution in [0.2, 0.25) is 0 Å². The van der Waals surface area contributed by atoms with Crippen molar-refractivity contribution in [3.8, 4) is 0 Å². The van der Waals surface area contributed by atoms with Crippen LogP contribution in [0, 0.1) is 10.1 Å². The maximum Gasteiger partial charge on any atom is 0.293 e. The molecule has 0 saturated carbocycles. The van der Waals surface area contributed by atoms with E-state index >= 15 is 0 Å². The van der Waals surface area contributed by atoms with Crippen molar-refractivity contribution in [3.05, 3.63) is 28.3 Å². The number of piperidine rings is 1. The van der Waals surface area contributed by atoms with Gasteiger partial charge in [-0.25, -0.2) is 8.42 Å². The Kier molecular flexibility index (Phi) is 3.96. The Labute approximate surface area is 117 Å². The van der Waals surface area contributed by atoms with Crippen molar-refractivity contribution in [3.63, 3.8) is 0 Å². The molecule has 1 heterocycles. The predicted octanol–water partition coefficient (Wildman–Crippen LogP) is 1.74. The summed E-state index contributed by atoms with van der Waals surface area (Å²) in [7, 11) is -3.71. The average Bonchev–Trinajstić information content (AvgIpc) is 2.38. The van der Waals surface area contributed by atoms with Crippen molar-refractivity contribution in [2.24, 2.45) is 0 Å². The SMILES string of the molecule is C[C@@H]1CCCCN1S(=O)(=O)c1ccc(N)c([N+](=O)[O-])c1. The molecule has 0 bridgehead atoms. The molecule has 110 valence electrons. The largest absolute Gasteiger partial charge is 0.393 e. The maximum absolute atomic E-state index is 12.5. The molecule has 0 unspecified atom stereocenters. The molecule has 1 aromatic rings. The highest BCUT2D eigenvalue weighted by Crippen LogP contribution is 2.29. The number of sulfonamides is 1. The van der Waals surface area contributed by atoms with Crippen LogP contribution < -0.4 is 5.73 Å². The zero-order valence-corrected chi connectivity index (χ0v) is 12.0.